The molecule has 1 amide bonds. The predicted octanol–water partition coefficient (Wildman–Crippen LogP) is 1.49. The summed E-state index contributed by atoms with van der Waals surface area (Å²) in [6.45, 7) is 4.04. The number of methoxy groups -OCH3 is 1. The van der Waals surface area contributed by atoms with Gasteiger partial charge in [0.25, 0.3) is 0 Å². The molecule has 16 heavy (non-hydrogen) atoms. The number of nitrogens with one attached hydrogen (secondary N) is 1. The average molecular weight is 227 g/mol. The molecule has 0 spiro atoms. The zero-order valence-electron chi connectivity index (χ0n) is 10.3. The van der Waals surface area contributed by atoms with E-state index in [1.807, 2.05) is 13.8 Å². The van der Waals surface area contributed by atoms with Gasteiger partial charge in [0, 0.05) is 5.92 Å². The highest BCUT2D eigenvalue weighted by atomic mass is 16.5. The number of carbonyl (C=O) groups is 2. The predicted molar refractivity (Wildman–Crippen MR) is 60.7 cm³/mol. The first-order chi connectivity index (χ1) is 7.54. The lowest BCUT2D eigenvalue weighted by atomic mass is 9.84. The van der Waals surface area contributed by atoms with Gasteiger partial charge < -0.3 is 10.1 Å². The number of ether oxygens (including phenoxy) is 1. The van der Waals surface area contributed by atoms with E-state index in [1.165, 1.54) is 7.11 Å². The fraction of sp³-hybridized carbons (Fsp3) is 0.833. The zero-order chi connectivity index (χ0) is 12.1. The molecule has 0 radical (unpaired) electrons. The summed E-state index contributed by atoms with van der Waals surface area (Å²) >= 11 is 0. The van der Waals surface area contributed by atoms with Crippen LogP contribution in [0.15, 0.2) is 0 Å². The molecular weight excluding hydrogens is 206 g/mol. The van der Waals surface area contributed by atoms with Gasteiger partial charge in [-0.05, 0) is 25.2 Å². The highest BCUT2D eigenvalue weighted by Gasteiger charge is 2.29. The number of hydrogen-bond donors (Lipinski definition) is 1. The van der Waals surface area contributed by atoms with Crippen molar-refractivity contribution in [3.8, 4) is 0 Å². The van der Waals surface area contributed by atoms with Crippen molar-refractivity contribution in [1.82, 2.24) is 5.32 Å². The lowest BCUT2D eigenvalue weighted by Crippen LogP contribution is -2.46. The summed E-state index contributed by atoms with van der Waals surface area (Å²) in [6.07, 6.45) is 3.64. The summed E-state index contributed by atoms with van der Waals surface area (Å²) in [5.74, 6) is 0.119. The summed E-state index contributed by atoms with van der Waals surface area (Å²) in [4.78, 5) is 23.2. The smallest absolute Gasteiger partial charge is 0.328 e. The SMILES string of the molecule is COC(=O)[C@H](CC(C)C)NC(=O)C1CCC1. The number of amides is 1. The largest absolute Gasteiger partial charge is 0.467 e. The molecule has 0 unspecified atom stereocenters. The molecular formula is C12H21NO3. The second-order valence-electron chi connectivity index (χ2n) is 4.84. The van der Waals surface area contributed by atoms with Gasteiger partial charge in [0.1, 0.15) is 6.04 Å². The van der Waals surface area contributed by atoms with E-state index in [-0.39, 0.29) is 17.8 Å². The van der Waals surface area contributed by atoms with Gasteiger partial charge in [-0.1, -0.05) is 20.3 Å². The van der Waals surface area contributed by atoms with E-state index in [4.69, 9.17) is 4.74 Å². The van der Waals surface area contributed by atoms with Crippen LogP contribution in [0.3, 0.4) is 0 Å². The fourth-order valence-electron chi connectivity index (χ4n) is 1.79. The standard InChI is InChI=1S/C12H21NO3/c1-8(2)7-10(12(15)16-3)13-11(14)9-5-4-6-9/h8-10H,4-7H2,1-3H3,(H,13,14)/t10-/m0/s1. The number of esters is 1. The molecule has 4 nitrogen and oxygen atoms in total. The van der Waals surface area contributed by atoms with Crippen molar-refractivity contribution in [3.63, 3.8) is 0 Å². The second-order valence-corrected chi connectivity index (χ2v) is 4.84. The summed E-state index contributed by atoms with van der Waals surface area (Å²) in [5, 5.41) is 2.79. The van der Waals surface area contributed by atoms with Crippen LogP contribution in [0.1, 0.15) is 39.5 Å². The van der Waals surface area contributed by atoms with E-state index in [0.29, 0.717) is 12.3 Å². The Balaban J connectivity index is 2.48. The molecule has 0 aromatic heterocycles. The maximum absolute atomic E-state index is 11.7. The van der Waals surface area contributed by atoms with Crippen LogP contribution in [0.5, 0.6) is 0 Å². The highest BCUT2D eigenvalue weighted by Crippen LogP contribution is 2.26. The molecule has 1 aliphatic carbocycles. The molecule has 0 saturated heterocycles. The van der Waals surface area contributed by atoms with Crippen LogP contribution in [0.25, 0.3) is 0 Å². The van der Waals surface area contributed by atoms with Gasteiger partial charge in [-0.25, -0.2) is 4.79 Å². The van der Waals surface area contributed by atoms with Crippen LogP contribution in [-0.2, 0) is 14.3 Å². The van der Waals surface area contributed by atoms with Crippen molar-refractivity contribution in [2.75, 3.05) is 7.11 Å². The fourth-order valence-corrected chi connectivity index (χ4v) is 1.79. The second kappa shape index (κ2) is 5.87. The van der Waals surface area contributed by atoms with Crippen molar-refractivity contribution in [1.29, 1.82) is 0 Å². The molecule has 4 heteroatoms. The topological polar surface area (TPSA) is 55.4 Å². The van der Waals surface area contributed by atoms with Crippen molar-refractivity contribution >= 4 is 11.9 Å². The average Bonchev–Trinajstić information content (AvgIpc) is 2.11. The number of rotatable bonds is 5. The van der Waals surface area contributed by atoms with Crippen LogP contribution < -0.4 is 5.32 Å². The van der Waals surface area contributed by atoms with E-state index < -0.39 is 6.04 Å². The Morgan fingerprint density at radius 3 is 2.38 bits per heavy atom. The maximum Gasteiger partial charge on any atom is 0.328 e. The Kier molecular flexibility index (Phi) is 4.77. The molecule has 0 aliphatic heterocycles. The molecule has 0 bridgehead atoms. The van der Waals surface area contributed by atoms with Gasteiger partial charge in [-0.2, -0.15) is 0 Å². The Bertz CT molecular complexity index is 259. The minimum Gasteiger partial charge on any atom is -0.467 e. The van der Waals surface area contributed by atoms with E-state index >= 15 is 0 Å². The Morgan fingerprint density at radius 2 is 2.00 bits per heavy atom. The van der Waals surface area contributed by atoms with Crippen molar-refractivity contribution in [2.45, 2.75) is 45.6 Å². The van der Waals surface area contributed by atoms with Crippen LogP contribution >= 0.6 is 0 Å². The Morgan fingerprint density at radius 1 is 1.38 bits per heavy atom. The molecule has 0 heterocycles. The van der Waals surface area contributed by atoms with Crippen molar-refractivity contribution < 1.29 is 14.3 Å². The van der Waals surface area contributed by atoms with Gasteiger partial charge in [0.2, 0.25) is 5.91 Å². The lowest BCUT2D eigenvalue weighted by Gasteiger charge is -2.27. The monoisotopic (exact) mass is 227 g/mol. The number of carbonyl (C=O) groups excluding carboxylic acids is 2. The zero-order valence-corrected chi connectivity index (χ0v) is 10.3. The molecule has 1 saturated carbocycles. The first-order valence-corrected chi connectivity index (χ1v) is 5.92. The maximum atomic E-state index is 11.7. The minimum absolute atomic E-state index is 0.00213. The van der Waals surface area contributed by atoms with E-state index in [0.717, 1.165) is 19.3 Å². The van der Waals surface area contributed by atoms with Gasteiger partial charge in [0.15, 0.2) is 0 Å². The number of hydrogen-bond acceptors (Lipinski definition) is 3. The normalized spacial score (nSPS) is 17.8. The third-order valence-corrected chi connectivity index (χ3v) is 2.99. The van der Waals surface area contributed by atoms with Crippen LogP contribution in [0.4, 0.5) is 0 Å². The molecule has 1 fully saturated rings. The van der Waals surface area contributed by atoms with E-state index in [1.54, 1.807) is 0 Å². The van der Waals surface area contributed by atoms with E-state index in [9.17, 15) is 9.59 Å². The van der Waals surface area contributed by atoms with E-state index in [2.05, 4.69) is 5.32 Å². The Labute approximate surface area is 96.7 Å². The lowest BCUT2D eigenvalue weighted by molar-refractivity contribution is -0.146. The minimum atomic E-state index is -0.488. The molecule has 0 aromatic carbocycles. The molecule has 92 valence electrons. The van der Waals surface area contributed by atoms with Crippen molar-refractivity contribution in [2.24, 2.45) is 11.8 Å². The summed E-state index contributed by atoms with van der Waals surface area (Å²) in [7, 11) is 1.35. The molecule has 0 aromatic rings. The van der Waals surface area contributed by atoms with Crippen LogP contribution in [-0.4, -0.2) is 25.0 Å². The molecule has 1 aliphatic rings. The summed E-state index contributed by atoms with van der Waals surface area (Å²) in [5.41, 5.74) is 0. The highest BCUT2D eigenvalue weighted by molar-refractivity contribution is 5.86. The van der Waals surface area contributed by atoms with Crippen LogP contribution in [0, 0.1) is 11.8 Å². The van der Waals surface area contributed by atoms with Gasteiger partial charge >= 0.3 is 5.97 Å². The Hall–Kier alpha value is -1.06. The van der Waals surface area contributed by atoms with Gasteiger partial charge in [0.05, 0.1) is 7.11 Å². The van der Waals surface area contributed by atoms with Gasteiger partial charge in [-0.15, -0.1) is 0 Å². The molecule has 1 N–H and O–H groups in total. The summed E-state index contributed by atoms with van der Waals surface area (Å²) in [6, 6.07) is -0.488. The molecule has 1 atom stereocenters. The van der Waals surface area contributed by atoms with Crippen LogP contribution in [0.2, 0.25) is 0 Å². The van der Waals surface area contributed by atoms with Crippen molar-refractivity contribution in [3.05, 3.63) is 0 Å². The summed E-state index contributed by atoms with van der Waals surface area (Å²) < 4.78 is 4.69. The molecule has 1 rings (SSSR count). The van der Waals surface area contributed by atoms with Gasteiger partial charge in [-0.3, -0.25) is 4.79 Å². The first-order valence-electron chi connectivity index (χ1n) is 5.92. The third-order valence-electron chi connectivity index (χ3n) is 2.99. The first kappa shape index (κ1) is 13.0. The quantitative estimate of drug-likeness (QED) is 0.724. The third kappa shape index (κ3) is 3.51.